The molecule has 3 N–H and O–H groups in total. The molecule has 0 spiro atoms. The molecular weight excluding hydrogens is 354 g/mol. The number of phenols is 1. The van der Waals surface area contributed by atoms with Gasteiger partial charge in [0, 0.05) is 17.4 Å². The molecule has 0 fully saturated rings. The van der Waals surface area contributed by atoms with Crippen LogP contribution >= 0.6 is 0 Å². The fourth-order valence-corrected chi connectivity index (χ4v) is 2.75. The molecule has 1 aromatic carbocycles. The molecular formula is C22H29N3O3. The summed E-state index contributed by atoms with van der Waals surface area (Å²) in [6.07, 6.45) is 1.60. The normalized spacial score (nSPS) is 11.8. The lowest BCUT2D eigenvalue weighted by Gasteiger charge is -2.21. The lowest BCUT2D eigenvalue weighted by molar-refractivity contribution is -0.115. The first-order valence-electron chi connectivity index (χ1n) is 9.26. The monoisotopic (exact) mass is 383 g/mol. The number of anilines is 1. The van der Waals surface area contributed by atoms with Crippen LogP contribution in [0.5, 0.6) is 5.75 Å². The summed E-state index contributed by atoms with van der Waals surface area (Å²) < 4.78 is 0. The van der Waals surface area contributed by atoms with Crippen molar-refractivity contribution in [3.8, 4) is 5.75 Å². The molecule has 1 heterocycles. The van der Waals surface area contributed by atoms with Crippen molar-refractivity contribution in [2.75, 3.05) is 5.32 Å². The Morgan fingerprint density at radius 1 is 1.04 bits per heavy atom. The van der Waals surface area contributed by atoms with E-state index in [1.807, 2.05) is 53.7 Å². The van der Waals surface area contributed by atoms with Crippen molar-refractivity contribution >= 4 is 17.5 Å². The second kappa shape index (κ2) is 8.00. The zero-order valence-electron chi connectivity index (χ0n) is 17.4. The quantitative estimate of drug-likeness (QED) is 0.749. The van der Waals surface area contributed by atoms with Gasteiger partial charge in [-0.05, 0) is 55.5 Å². The largest absolute Gasteiger partial charge is 0.508 e. The maximum absolute atomic E-state index is 12.4. The summed E-state index contributed by atoms with van der Waals surface area (Å²) in [6, 6.07) is 8.48. The van der Waals surface area contributed by atoms with Crippen LogP contribution in [-0.4, -0.2) is 27.4 Å². The molecule has 0 atom stereocenters. The maximum Gasteiger partial charge on any atom is 0.270 e. The van der Waals surface area contributed by atoms with Gasteiger partial charge in [-0.1, -0.05) is 32.9 Å². The molecule has 0 aliphatic carbocycles. The Bertz CT molecular complexity index is 877. The smallest absolute Gasteiger partial charge is 0.270 e. The van der Waals surface area contributed by atoms with Gasteiger partial charge in [0.1, 0.15) is 11.4 Å². The molecule has 0 aliphatic heterocycles. The third-order valence-electron chi connectivity index (χ3n) is 4.00. The van der Waals surface area contributed by atoms with E-state index in [0.717, 1.165) is 5.56 Å². The van der Waals surface area contributed by atoms with Crippen molar-refractivity contribution < 1.29 is 14.7 Å². The average Bonchev–Trinajstić information content (AvgIpc) is 2.52. The summed E-state index contributed by atoms with van der Waals surface area (Å²) in [4.78, 5) is 28.7. The van der Waals surface area contributed by atoms with E-state index < -0.39 is 0 Å². The Morgan fingerprint density at radius 3 is 2.29 bits per heavy atom. The van der Waals surface area contributed by atoms with E-state index >= 15 is 0 Å². The van der Waals surface area contributed by atoms with Gasteiger partial charge in [-0.25, -0.2) is 0 Å². The highest BCUT2D eigenvalue weighted by atomic mass is 16.3. The number of hydrogen-bond donors (Lipinski definition) is 3. The van der Waals surface area contributed by atoms with Crippen molar-refractivity contribution in [2.24, 2.45) is 0 Å². The van der Waals surface area contributed by atoms with Crippen LogP contribution in [0.1, 0.15) is 63.2 Å². The molecule has 6 nitrogen and oxygen atoms in total. The first-order valence-corrected chi connectivity index (χ1v) is 9.26. The van der Waals surface area contributed by atoms with E-state index in [-0.39, 0.29) is 40.6 Å². The third kappa shape index (κ3) is 6.08. The molecule has 1 aromatic heterocycles. The Morgan fingerprint density at radius 2 is 1.71 bits per heavy atom. The number of benzene rings is 1. The molecule has 2 rings (SSSR count). The summed E-state index contributed by atoms with van der Waals surface area (Å²) in [5, 5.41) is 15.8. The minimum atomic E-state index is -0.376. The highest BCUT2D eigenvalue weighted by Gasteiger charge is 2.19. The van der Waals surface area contributed by atoms with Crippen molar-refractivity contribution in [1.82, 2.24) is 10.3 Å². The number of nitrogens with one attached hydrogen (secondary N) is 2. The van der Waals surface area contributed by atoms with Gasteiger partial charge in [0.25, 0.3) is 5.91 Å². The molecule has 0 bridgehead atoms. The van der Waals surface area contributed by atoms with Crippen LogP contribution in [0.15, 0.2) is 36.5 Å². The topological polar surface area (TPSA) is 91.3 Å². The number of carbonyl (C=O) groups is 2. The van der Waals surface area contributed by atoms with Gasteiger partial charge in [-0.3, -0.25) is 14.6 Å². The first-order chi connectivity index (χ1) is 12.8. The maximum atomic E-state index is 12.4. The Balaban J connectivity index is 2.07. The van der Waals surface area contributed by atoms with Crippen LogP contribution in [0, 0.1) is 0 Å². The van der Waals surface area contributed by atoms with Crippen molar-refractivity contribution in [3.05, 3.63) is 53.3 Å². The van der Waals surface area contributed by atoms with E-state index in [4.69, 9.17) is 0 Å². The lowest BCUT2D eigenvalue weighted by atomic mass is 9.85. The van der Waals surface area contributed by atoms with E-state index in [1.165, 1.54) is 6.20 Å². The van der Waals surface area contributed by atoms with Gasteiger partial charge < -0.3 is 15.7 Å². The first kappa shape index (κ1) is 21.4. The molecule has 6 heteroatoms. The molecule has 150 valence electrons. The number of phenolic OH excluding ortho intramolecular Hbond substituents is 1. The fraction of sp³-hybridized carbons (Fsp3) is 0.409. The summed E-state index contributed by atoms with van der Waals surface area (Å²) in [5.41, 5.74) is 1.73. The number of amides is 2. The third-order valence-corrected chi connectivity index (χ3v) is 4.00. The number of nitrogens with zero attached hydrogens (tertiary/aromatic N) is 1. The van der Waals surface area contributed by atoms with Crippen LogP contribution < -0.4 is 10.6 Å². The molecule has 2 amide bonds. The second-order valence-corrected chi connectivity index (χ2v) is 8.96. The van der Waals surface area contributed by atoms with Crippen molar-refractivity contribution in [1.29, 1.82) is 0 Å². The van der Waals surface area contributed by atoms with Crippen LogP contribution in [0.3, 0.4) is 0 Å². The van der Waals surface area contributed by atoms with Gasteiger partial charge >= 0.3 is 0 Å². The van der Waals surface area contributed by atoms with Gasteiger partial charge in [0.15, 0.2) is 0 Å². The molecule has 0 radical (unpaired) electrons. The molecule has 0 unspecified atom stereocenters. The lowest BCUT2D eigenvalue weighted by Crippen LogP contribution is -2.40. The molecule has 0 saturated carbocycles. The summed E-state index contributed by atoms with van der Waals surface area (Å²) in [7, 11) is 0. The van der Waals surface area contributed by atoms with E-state index in [2.05, 4.69) is 15.6 Å². The fourth-order valence-electron chi connectivity index (χ4n) is 2.75. The van der Waals surface area contributed by atoms with E-state index in [1.54, 1.807) is 18.2 Å². The number of carbonyl (C=O) groups excluding carboxylic acids is 2. The average molecular weight is 383 g/mol. The number of hydrogen-bond acceptors (Lipinski definition) is 4. The Hall–Kier alpha value is -2.89. The van der Waals surface area contributed by atoms with Crippen LogP contribution in [0.25, 0.3) is 0 Å². The molecule has 28 heavy (non-hydrogen) atoms. The number of rotatable bonds is 4. The minimum Gasteiger partial charge on any atom is -0.508 e. The van der Waals surface area contributed by atoms with Crippen LogP contribution in [0.4, 0.5) is 5.69 Å². The molecule has 2 aromatic rings. The highest BCUT2D eigenvalue weighted by molar-refractivity contribution is 5.96. The Kier molecular flexibility index (Phi) is 6.12. The zero-order chi connectivity index (χ0) is 21.1. The molecule has 0 aliphatic rings. The van der Waals surface area contributed by atoms with E-state index in [0.29, 0.717) is 11.3 Å². The summed E-state index contributed by atoms with van der Waals surface area (Å²) in [5.74, 6) is -0.356. The number of aromatic nitrogens is 1. The van der Waals surface area contributed by atoms with Gasteiger partial charge in [-0.15, -0.1) is 0 Å². The van der Waals surface area contributed by atoms with Gasteiger partial charge in [0.05, 0.1) is 6.42 Å². The predicted molar refractivity (Wildman–Crippen MR) is 111 cm³/mol. The standard InChI is InChI=1S/C22H29N3O3/c1-21(2,3)16-8-7-14(11-18(16)26)12-19(27)24-15-9-10-23-17(13-15)20(28)25-22(4,5)6/h7-11,13,26H,12H2,1-6H3,(H,25,28)(H,23,24,27). The zero-order valence-corrected chi connectivity index (χ0v) is 17.4. The van der Waals surface area contributed by atoms with Gasteiger partial charge in [-0.2, -0.15) is 0 Å². The van der Waals surface area contributed by atoms with Crippen LogP contribution in [0.2, 0.25) is 0 Å². The summed E-state index contributed by atoms with van der Waals surface area (Å²) in [6.45, 7) is 11.7. The van der Waals surface area contributed by atoms with E-state index in [9.17, 15) is 14.7 Å². The van der Waals surface area contributed by atoms with Gasteiger partial charge in [0.2, 0.25) is 5.91 Å². The Labute approximate surface area is 166 Å². The second-order valence-electron chi connectivity index (χ2n) is 8.96. The number of aromatic hydroxyl groups is 1. The SMILES string of the molecule is CC(C)(C)NC(=O)c1cc(NC(=O)Cc2ccc(C(C)(C)C)c(O)c2)ccn1. The van der Waals surface area contributed by atoms with Crippen molar-refractivity contribution in [2.45, 2.75) is 58.9 Å². The highest BCUT2D eigenvalue weighted by Crippen LogP contribution is 2.31. The number of pyridine rings is 1. The predicted octanol–water partition coefficient (Wildman–Crippen LogP) is 3.79. The van der Waals surface area contributed by atoms with Crippen molar-refractivity contribution in [3.63, 3.8) is 0 Å². The molecule has 0 saturated heterocycles. The minimum absolute atomic E-state index is 0.115. The van der Waals surface area contributed by atoms with Crippen LogP contribution in [-0.2, 0) is 16.6 Å². The summed E-state index contributed by atoms with van der Waals surface area (Å²) >= 11 is 0.